The molecule has 0 bridgehead atoms. The van der Waals surface area contributed by atoms with Gasteiger partial charge in [-0.1, -0.05) is 94.9 Å². The van der Waals surface area contributed by atoms with Gasteiger partial charge in [-0.05, 0) is 21.5 Å². The zero-order chi connectivity index (χ0) is 21.0. The average Bonchev–Trinajstić information content (AvgIpc) is 2.68. The molecule has 152 valence electrons. The van der Waals surface area contributed by atoms with Gasteiger partial charge >= 0.3 is 0 Å². The van der Waals surface area contributed by atoms with Gasteiger partial charge in [-0.2, -0.15) is 8.78 Å². The summed E-state index contributed by atoms with van der Waals surface area (Å²) in [6.45, 7) is 11.1. The number of hydrogen-bond acceptors (Lipinski definition) is 2. The van der Waals surface area contributed by atoms with E-state index in [2.05, 4.69) is 27.4 Å². The largest absolute Gasteiger partial charge is 0.407 e. The van der Waals surface area contributed by atoms with Gasteiger partial charge in [0.15, 0.2) is 0 Å². The second kappa shape index (κ2) is 8.68. The van der Waals surface area contributed by atoms with E-state index in [-0.39, 0.29) is 11.6 Å². The summed E-state index contributed by atoms with van der Waals surface area (Å²) < 4.78 is 34.4. The van der Waals surface area contributed by atoms with Crippen LogP contribution in [0.3, 0.4) is 0 Å². The Morgan fingerprint density at radius 2 is 1.43 bits per heavy atom. The molecular formula is C23H30F2O2Si. The van der Waals surface area contributed by atoms with Crippen LogP contribution in [-0.2, 0) is 4.43 Å². The highest BCUT2D eigenvalue weighted by Gasteiger charge is 2.51. The minimum Gasteiger partial charge on any atom is -0.407 e. The molecule has 1 N–H and O–H groups in total. The van der Waals surface area contributed by atoms with E-state index in [1.807, 2.05) is 60.7 Å². The molecule has 0 aliphatic heterocycles. The molecule has 0 heterocycles. The lowest BCUT2D eigenvalue weighted by Crippen LogP contribution is -2.67. The van der Waals surface area contributed by atoms with Crippen LogP contribution in [0.4, 0.5) is 8.78 Å². The van der Waals surface area contributed by atoms with Crippen LogP contribution in [0.25, 0.3) is 0 Å². The summed E-state index contributed by atoms with van der Waals surface area (Å²) >= 11 is 0. The molecule has 0 saturated carbocycles. The Morgan fingerprint density at radius 1 is 1.00 bits per heavy atom. The van der Waals surface area contributed by atoms with E-state index in [1.165, 1.54) is 0 Å². The van der Waals surface area contributed by atoms with E-state index in [0.29, 0.717) is 6.08 Å². The van der Waals surface area contributed by atoms with E-state index in [0.717, 1.165) is 10.4 Å². The quantitative estimate of drug-likeness (QED) is 0.523. The molecule has 0 fully saturated rings. The van der Waals surface area contributed by atoms with Crippen molar-refractivity contribution in [2.24, 2.45) is 5.92 Å². The van der Waals surface area contributed by atoms with E-state index in [1.54, 1.807) is 6.92 Å². The van der Waals surface area contributed by atoms with Crippen molar-refractivity contribution in [3.05, 3.63) is 73.3 Å². The molecule has 2 atom stereocenters. The van der Waals surface area contributed by atoms with Gasteiger partial charge in [-0.15, -0.1) is 0 Å². The van der Waals surface area contributed by atoms with Crippen LogP contribution >= 0.6 is 0 Å². The molecule has 0 aliphatic carbocycles. The van der Waals surface area contributed by atoms with Crippen molar-refractivity contribution >= 4 is 18.7 Å². The Labute approximate surface area is 168 Å². The first-order chi connectivity index (χ1) is 13.1. The maximum Gasteiger partial charge on any atom is 0.291 e. The first kappa shape index (κ1) is 22.5. The van der Waals surface area contributed by atoms with Crippen LogP contribution in [0.2, 0.25) is 5.04 Å². The lowest BCUT2D eigenvalue weighted by Gasteiger charge is -2.44. The molecule has 0 unspecified atom stereocenters. The minimum absolute atomic E-state index is 0.0257. The second-order valence-corrected chi connectivity index (χ2v) is 12.6. The summed E-state index contributed by atoms with van der Waals surface area (Å²) in [6, 6.07) is 20.0. The van der Waals surface area contributed by atoms with Gasteiger partial charge in [0.2, 0.25) is 0 Å². The third-order valence-corrected chi connectivity index (χ3v) is 10.2. The van der Waals surface area contributed by atoms with E-state index in [9.17, 15) is 13.9 Å². The molecule has 0 spiro atoms. The Morgan fingerprint density at radius 3 is 1.79 bits per heavy atom. The Bertz CT molecular complexity index is 718. The SMILES string of the molecule is C=CC(F)(F)[C@H](O)[C@@H](C)CO[Si](c1ccccc1)(c1ccccc1)C(C)(C)C. The molecule has 2 aromatic rings. The molecule has 2 rings (SSSR count). The number of halogens is 2. The molecule has 0 amide bonds. The van der Waals surface area contributed by atoms with Gasteiger partial charge in [-0.25, -0.2) is 0 Å². The van der Waals surface area contributed by atoms with Gasteiger partial charge in [0, 0.05) is 12.5 Å². The standard InChI is InChI=1S/C23H30F2O2Si/c1-6-23(24,25)21(26)18(2)17-27-28(22(3,4)5,19-13-9-7-10-14-19)20-15-11-8-12-16-20/h6-16,18,21,26H,1,17H2,2-5H3/t18-,21+/m0/s1. The minimum atomic E-state index is -3.35. The lowest BCUT2D eigenvalue weighted by atomic mass is 10.00. The fraction of sp³-hybridized carbons (Fsp3) is 0.391. The zero-order valence-corrected chi connectivity index (χ0v) is 18.0. The summed E-state index contributed by atoms with van der Waals surface area (Å²) in [5, 5.41) is 12.0. The summed E-state index contributed by atoms with van der Waals surface area (Å²) in [5.41, 5.74) is 0. The van der Waals surface area contributed by atoms with E-state index in [4.69, 9.17) is 4.43 Å². The van der Waals surface area contributed by atoms with Crippen molar-refractivity contribution in [2.45, 2.75) is 44.8 Å². The third-order valence-electron chi connectivity index (χ3n) is 5.19. The zero-order valence-electron chi connectivity index (χ0n) is 17.0. The second-order valence-electron chi connectivity index (χ2n) is 8.28. The van der Waals surface area contributed by atoms with Crippen LogP contribution in [0.1, 0.15) is 27.7 Å². The fourth-order valence-corrected chi connectivity index (χ4v) is 8.28. The maximum atomic E-state index is 13.9. The molecule has 28 heavy (non-hydrogen) atoms. The van der Waals surface area contributed by atoms with Crippen molar-refractivity contribution in [1.29, 1.82) is 0 Å². The van der Waals surface area contributed by atoms with Crippen LogP contribution in [-0.4, -0.2) is 32.1 Å². The van der Waals surface area contributed by atoms with Crippen molar-refractivity contribution in [2.75, 3.05) is 6.61 Å². The summed E-state index contributed by atoms with van der Waals surface area (Å²) in [4.78, 5) is 0. The van der Waals surface area contributed by atoms with Gasteiger partial charge in [0.25, 0.3) is 14.2 Å². The van der Waals surface area contributed by atoms with Crippen molar-refractivity contribution in [3.63, 3.8) is 0 Å². The Hall–Kier alpha value is -1.82. The first-order valence-electron chi connectivity index (χ1n) is 9.50. The van der Waals surface area contributed by atoms with Gasteiger partial charge in [0.1, 0.15) is 6.10 Å². The van der Waals surface area contributed by atoms with Crippen molar-refractivity contribution in [3.8, 4) is 0 Å². The molecule has 5 heteroatoms. The normalized spacial score (nSPS) is 15.1. The highest BCUT2D eigenvalue weighted by Crippen LogP contribution is 2.37. The maximum absolute atomic E-state index is 13.9. The monoisotopic (exact) mass is 404 g/mol. The smallest absolute Gasteiger partial charge is 0.291 e. The summed E-state index contributed by atoms with van der Waals surface area (Å²) in [7, 11) is -2.81. The number of rotatable bonds is 8. The van der Waals surface area contributed by atoms with Crippen molar-refractivity contribution in [1.82, 2.24) is 0 Å². The molecule has 2 aromatic carbocycles. The highest BCUT2D eigenvalue weighted by molar-refractivity contribution is 6.99. The Kier molecular flexibility index (Phi) is 6.96. The molecular weight excluding hydrogens is 374 g/mol. The highest BCUT2D eigenvalue weighted by atomic mass is 28.4. The molecule has 0 aliphatic rings. The van der Waals surface area contributed by atoms with E-state index >= 15 is 0 Å². The molecule has 0 aromatic heterocycles. The summed E-state index contributed by atoms with van der Waals surface area (Å²) in [5.74, 6) is -4.11. The Balaban J connectivity index is 2.49. The predicted molar refractivity (Wildman–Crippen MR) is 114 cm³/mol. The molecule has 0 radical (unpaired) electrons. The average molecular weight is 405 g/mol. The van der Waals surface area contributed by atoms with Gasteiger partial charge in [0.05, 0.1) is 0 Å². The van der Waals surface area contributed by atoms with Crippen LogP contribution in [0, 0.1) is 5.92 Å². The summed E-state index contributed by atoms with van der Waals surface area (Å²) in [6.07, 6.45) is -1.35. The molecule has 0 saturated heterocycles. The van der Waals surface area contributed by atoms with Crippen LogP contribution in [0.15, 0.2) is 73.3 Å². The number of aliphatic hydroxyl groups excluding tert-OH is 1. The molecule has 2 nitrogen and oxygen atoms in total. The first-order valence-corrected chi connectivity index (χ1v) is 11.4. The van der Waals surface area contributed by atoms with Crippen LogP contribution in [0.5, 0.6) is 0 Å². The van der Waals surface area contributed by atoms with Gasteiger partial charge < -0.3 is 9.53 Å². The van der Waals surface area contributed by atoms with E-state index < -0.39 is 26.3 Å². The number of aliphatic hydroxyl groups is 1. The topological polar surface area (TPSA) is 29.5 Å². The van der Waals surface area contributed by atoms with Crippen molar-refractivity contribution < 1.29 is 18.3 Å². The predicted octanol–water partition coefficient (Wildman–Crippen LogP) is 4.38. The lowest BCUT2D eigenvalue weighted by molar-refractivity contribution is -0.0995. The number of alkyl halides is 2. The number of hydrogen-bond donors (Lipinski definition) is 1. The third kappa shape index (κ3) is 4.42. The van der Waals surface area contributed by atoms with Gasteiger partial charge in [-0.3, -0.25) is 0 Å². The number of benzene rings is 2. The van der Waals surface area contributed by atoms with Crippen LogP contribution < -0.4 is 10.4 Å². The fourth-order valence-electron chi connectivity index (χ4n) is 3.61.